The number of aromatic nitrogens is 1. The molecule has 1 aliphatic rings. The fourth-order valence-electron chi connectivity index (χ4n) is 4.24. The highest BCUT2D eigenvalue weighted by atomic mass is 19.1. The summed E-state index contributed by atoms with van der Waals surface area (Å²) < 4.78 is 29.9. The Morgan fingerprint density at radius 2 is 1.39 bits per heavy atom. The first-order valence-electron chi connectivity index (χ1n) is 13.8. The van der Waals surface area contributed by atoms with E-state index in [1.165, 1.54) is 24.3 Å². The van der Waals surface area contributed by atoms with Gasteiger partial charge in [-0.15, -0.1) is 0 Å². The highest BCUT2D eigenvalue weighted by Gasteiger charge is 2.56. The van der Waals surface area contributed by atoms with E-state index in [9.17, 15) is 23.6 Å². The Hall–Kier alpha value is -5.76. The van der Waals surface area contributed by atoms with Crippen LogP contribution in [0.4, 0.5) is 15.8 Å². The smallest absolute Gasteiger partial charge is 0.333 e. The summed E-state index contributed by atoms with van der Waals surface area (Å²) in [5, 5.41) is 30.4. The van der Waals surface area contributed by atoms with Crippen LogP contribution in [0.1, 0.15) is 19.3 Å². The summed E-state index contributed by atoms with van der Waals surface area (Å²) in [5.74, 6) is -1.78. The minimum absolute atomic E-state index is 0.387. The summed E-state index contributed by atoms with van der Waals surface area (Å²) in [6.07, 6.45) is -0.0191. The average molecular weight is 636 g/mol. The average Bonchev–Trinajstić information content (AvgIpc) is 3.85. The molecular weight excluding hydrogens is 605 g/mol. The predicted molar refractivity (Wildman–Crippen MR) is 163 cm³/mol. The van der Waals surface area contributed by atoms with E-state index in [1.54, 1.807) is 62.9 Å². The highest BCUT2D eigenvalue weighted by Crippen LogP contribution is 2.47. The molecule has 240 valence electrons. The van der Waals surface area contributed by atoms with Gasteiger partial charge in [0.2, 0.25) is 11.8 Å². The molecule has 1 saturated carbocycles. The molecule has 1 aliphatic carbocycles. The van der Waals surface area contributed by atoms with Crippen molar-refractivity contribution in [2.45, 2.75) is 25.4 Å². The third-order valence-electron chi connectivity index (χ3n) is 6.92. The van der Waals surface area contributed by atoms with Gasteiger partial charge in [0.25, 0.3) is 0 Å². The second-order valence-corrected chi connectivity index (χ2v) is 10.1. The number of amides is 2. The highest BCUT2D eigenvalue weighted by molar-refractivity contribution is 6.16. The first-order chi connectivity index (χ1) is 21.9. The van der Waals surface area contributed by atoms with Crippen LogP contribution in [0.15, 0.2) is 72.9 Å². The Labute approximate surface area is 261 Å². The molecule has 0 aliphatic heterocycles. The summed E-state index contributed by atoms with van der Waals surface area (Å²) in [4.78, 5) is 49.5. The molecule has 5 rings (SSSR count). The molecule has 0 unspecified atom stereocenters. The number of aliphatic hydroxyl groups is 1. The summed E-state index contributed by atoms with van der Waals surface area (Å²) in [6.45, 7) is 0. The molecule has 14 heteroatoms. The minimum Gasteiger partial charge on any atom is -0.493 e. The van der Waals surface area contributed by atoms with Gasteiger partial charge in [0.15, 0.2) is 17.6 Å². The van der Waals surface area contributed by atoms with E-state index < -0.39 is 41.6 Å². The number of pyridine rings is 1. The summed E-state index contributed by atoms with van der Waals surface area (Å²) in [5.41, 5.74) is 0.517. The number of hydrogen-bond donors (Lipinski definition) is 5. The molecule has 46 heavy (non-hydrogen) atoms. The molecule has 2 amide bonds. The zero-order valence-corrected chi connectivity index (χ0v) is 24.7. The van der Waals surface area contributed by atoms with Crippen molar-refractivity contribution < 1.29 is 53.1 Å². The number of methoxy groups -OCH3 is 2. The van der Waals surface area contributed by atoms with Crippen molar-refractivity contribution in [2.24, 2.45) is 5.41 Å². The van der Waals surface area contributed by atoms with Gasteiger partial charge in [0, 0.05) is 29.0 Å². The third-order valence-corrected chi connectivity index (χ3v) is 6.92. The number of anilines is 2. The van der Waals surface area contributed by atoms with Crippen LogP contribution in [0.2, 0.25) is 0 Å². The van der Waals surface area contributed by atoms with E-state index in [0.29, 0.717) is 52.7 Å². The molecule has 0 spiro atoms. The van der Waals surface area contributed by atoms with Crippen LogP contribution in [0.3, 0.4) is 0 Å². The van der Waals surface area contributed by atoms with Crippen LogP contribution < -0.4 is 24.8 Å². The summed E-state index contributed by atoms with van der Waals surface area (Å²) >= 11 is 0. The van der Waals surface area contributed by atoms with Gasteiger partial charge >= 0.3 is 11.9 Å². The van der Waals surface area contributed by atoms with Crippen molar-refractivity contribution in [2.75, 3.05) is 24.9 Å². The van der Waals surface area contributed by atoms with Gasteiger partial charge in [-0.3, -0.25) is 19.4 Å². The number of nitrogens with zero attached hydrogens (tertiary/aromatic N) is 1. The van der Waals surface area contributed by atoms with Crippen molar-refractivity contribution in [3.63, 3.8) is 0 Å². The van der Waals surface area contributed by atoms with Gasteiger partial charge in [-0.2, -0.15) is 0 Å². The number of nitrogens with one attached hydrogen (secondary N) is 2. The van der Waals surface area contributed by atoms with Gasteiger partial charge in [-0.25, -0.2) is 9.18 Å². The van der Waals surface area contributed by atoms with Crippen LogP contribution in [0.5, 0.6) is 23.0 Å². The number of carboxylic acid groups (broad SMARTS) is 2. The van der Waals surface area contributed by atoms with Crippen molar-refractivity contribution in [3.05, 3.63) is 78.7 Å². The second-order valence-electron chi connectivity index (χ2n) is 10.1. The van der Waals surface area contributed by atoms with Crippen LogP contribution in [0.25, 0.3) is 10.9 Å². The minimum atomic E-state index is -1.79. The van der Waals surface area contributed by atoms with Crippen molar-refractivity contribution >= 4 is 46.0 Å². The SMILES string of the molecule is COc1cc2nccc(Oc3ccc(NC(=O)C4(C(=O)Nc5ccc(F)cc5)CC4)cc3)c2cc1OC.O=C(O)C[C@@H](O)C(=O)O. The first-order valence-corrected chi connectivity index (χ1v) is 13.8. The number of ether oxygens (including phenoxy) is 3. The molecule has 13 nitrogen and oxygen atoms in total. The molecule has 3 aromatic carbocycles. The molecule has 0 radical (unpaired) electrons. The van der Waals surface area contributed by atoms with E-state index >= 15 is 0 Å². The maximum absolute atomic E-state index is 13.1. The van der Waals surface area contributed by atoms with Crippen LogP contribution in [-0.2, 0) is 19.2 Å². The van der Waals surface area contributed by atoms with Gasteiger partial charge in [-0.05, 0) is 73.5 Å². The Kier molecular flexibility index (Phi) is 10.3. The molecule has 1 fully saturated rings. The lowest BCUT2D eigenvalue weighted by Gasteiger charge is -2.16. The van der Waals surface area contributed by atoms with E-state index in [2.05, 4.69) is 15.6 Å². The molecular formula is C32H30FN3O10. The Bertz CT molecular complexity index is 1740. The maximum Gasteiger partial charge on any atom is 0.333 e. The zero-order chi connectivity index (χ0) is 33.4. The van der Waals surface area contributed by atoms with Crippen LogP contribution in [0, 0.1) is 11.2 Å². The fourth-order valence-corrected chi connectivity index (χ4v) is 4.24. The normalized spacial score (nSPS) is 13.3. The molecule has 1 atom stereocenters. The number of carbonyl (C=O) groups is 4. The molecule has 1 heterocycles. The maximum atomic E-state index is 13.1. The number of halogens is 1. The lowest BCUT2D eigenvalue weighted by atomic mass is 10.0. The lowest BCUT2D eigenvalue weighted by molar-refractivity contribution is -0.152. The number of rotatable bonds is 11. The van der Waals surface area contributed by atoms with Crippen molar-refractivity contribution in [3.8, 4) is 23.0 Å². The van der Waals surface area contributed by atoms with Gasteiger partial charge in [0.05, 0.1) is 26.2 Å². The third kappa shape index (κ3) is 8.04. The number of aliphatic hydroxyl groups excluding tert-OH is 1. The number of aliphatic carboxylic acids is 2. The number of carboxylic acids is 2. The Morgan fingerprint density at radius 3 is 1.87 bits per heavy atom. The van der Waals surface area contributed by atoms with E-state index in [-0.39, 0.29) is 5.91 Å². The molecule has 0 bridgehead atoms. The zero-order valence-electron chi connectivity index (χ0n) is 24.7. The lowest BCUT2D eigenvalue weighted by Crippen LogP contribution is -2.35. The fraction of sp³-hybridized carbons (Fsp3) is 0.219. The van der Waals surface area contributed by atoms with E-state index in [0.717, 1.165) is 5.39 Å². The Balaban J connectivity index is 0.000000468. The first kappa shape index (κ1) is 33.1. The van der Waals surface area contributed by atoms with Crippen LogP contribution in [-0.4, -0.2) is 64.4 Å². The van der Waals surface area contributed by atoms with E-state index in [1.807, 2.05) is 0 Å². The van der Waals surface area contributed by atoms with Crippen molar-refractivity contribution in [1.82, 2.24) is 4.98 Å². The number of carbonyl (C=O) groups excluding carboxylic acids is 2. The van der Waals surface area contributed by atoms with E-state index in [4.69, 9.17) is 29.5 Å². The number of hydrogen-bond acceptors (Lipinski definition) is 9. The standard InChI is InChI=1S/C28H24FN3O5.C4H6O5/c1-35-24-15-21-22(16-25(24)36-2)30-14-11-23(21)37-20-9-7-19(8-10-20)32-27(34)28(12-13-28)26(33)31-18-5-3-17(29)4-6-18;5-2(4(8)9)1-3(6)7/h3-11,14-16H,12-13H2,1-2H3,(H,31,33)(H,32,34);2,5H,1H2,(H,6,7)(H,8,9)/t;2-/m.1/s1. The van der Waals surface area contributed by atoms with Gasteiger partial charge in [-0.1, -0.05) is 0 Å². The molecule has 4 aromatic rings. The quantitative estimate of drug-likeness (QED) is 0.146. The number of benzene rings is 3. The topological polar surface area (TPSA) is 194 Å². The second kappa shape index (κ2) is 14.3. The van der Waals surface area contributed by atoms with Gasteiger partial charge < -0.3 is 40.2 Å². The molecule has 1 aromatic heterocycles. The summed E-state index contributed by atoms with van der Waals surface area (Å²) in [6, 6.07) is 17.6. The predicted octanol–water partition coefficient (Wildman–Crippen LogP) is 4.45. The summed E-state index contributed by atoms with van der Waals surface area (Å²) in [7, 11) is 3.12. The van der Waals surface area contributed by atoms with Crippen molar-refractivity contribution in [1.29, 1.82) is 0 Å². The molecule has 5 N–H and O–H groups in total. The monoisotopic (exact) mass is 635 g/mol. The molecule has 0 saturated heterocycles. The number of fused-ring (bicyclic) bond motifs is 1. The van der Waals surface area contributed by atoms with Gasteiger partial charge in [0.1, 0.15) is 22.7 Å². The van der Waals surface area contributed by atoms with Crippen LogP contribution >= 0.6 is 0 Å². The largest absolute Gasteiger partial charge is 0.493 e. The Morgan fingerprint density at radius 1 is 0.848 bits per heavy atom.